The van der Waals surface area contributed by atoms with Gasteiger partial charge in [-0.15, -0.1) is 0 Å². The zero-order valence-electron chi connectivity index (χ0n) is 28.1. The maximum Gasteiger partial charge on any atom is 0.309 e. The van der Waals surface area contributed by atoms with Gasteiger partial charge in [0.2, 0.25) is 0 Å². The second-order valence-electron chi connectivity index (χ2n) is 16.8. The summed E-state index contributed by atoms with van der Waals surface area (Å²) >= 11 is 0. The van der Waals surface area contributed by atoms with E-state index in [9.17, 15) is 24.9 Å². The third-order valence-electron chi connectivity index (χ3n) is 14.6. The van der Waals surface area contributed by atoms with Gasteiger partial charge in [-0.25, -0.2) is 0 Å². The minimum absolute atomic E-state index is 0.0163. The molecule has 1 saturated heterocycles. The molecule has 1 aliphatic heterocycles. The van der Waals surface area contributed by atoms with E-state index in [0.717, 1.165) is 38.5 Å². The topological polar surface area (TPSA) is 113 Å². The molecule has 4 fully saturated rings. The van der Waals surface area contributed by atoms with Gasteiger partial charge < -0.3 is 24.8 Å². The molecule has 3 unspecified atom stereocenters. The van der Waals surface area contributed by atoms with Gasteiger partial charge in [-0.05, 0) is 85.0 Å². The number of ether oxygens (including phenoxy) is 2. The van der Waals surface area contributed by atoms with E-state index in [-0.39, 0.29) is 75.5 Å². The first-order valence-corrected chi connectivity index (χ1v) is 17.4. The van der Waals surface area contributed by atoms with Crippen molar-refractivity contribution >= 4 is 11.8 Å². The Bertz CT molecular complexity index is 1470. The monoisotopic (exact) mass is 632 g/mol. The van der Waals surface area contributed by atoms with E-state index in [1.54, 1.807) is 0 Å². The van der Waals surface area contributed by atoms with Crippen molar-refractivity contribution in [3.8, 4) is 0 Å². The summed E-state index contributed by atoms with van der Waals surface area (Å²) in [6, 6.07) is 10.5. The van der Waals surface area contributed by atoms with Crippen LogP contribution in [0.3, 0.4) is 0 Å². The quantitative estimate of drug-likeness (QED) is 0.248. The molecule has 1 aromatic rings. The lowest BCUT2D eigenvalue weighted by molar-refractivity contribution is -0.199. The molecule has 0 spiro atoms. The van der Waals surface area contributed by atoms with Gasteiger partial charge in [-0.3, -0.25) is 9.59 Å². The summed E-state index contributed by atoms with van der Waals surface area (Å²) in [6.07, 6.45) is 11.8. The van der Waals surface area contributed by atoms with Crippen LogP contribution in [0.2, 0.25) is 0 Å². The van der Waals surface area contributed by atoms with Crippen LogP contribution in [0.15, 0.2) is 54.1 Å². The van der Waals surface area contributed by atoms with Gasteiger partial charge in [0.1, 0.15) is 5.78 Å². The standard InChI is InChI=1S/C39H52O7/c1-34(44,22-40)20-26(41)18-27(33(43)45-5)28-12-16-39-21-38(28,39)15-13-30-35(2)14-11-25-17-29(24-9-7-6-8-10-24)46-23-36(25,3)31(35)19-32(42)37(30,39)4/h6-11,13,15,27-32,40,42,44H,12,14,16-23H2,1-5H3/t27?,28?,29-,30+,31+,32+,34?,35+,36-,37-,38+,39+/m0/s1. The number of Topliss-reactive ketones (excluding diaryl/α,β-unsaturated/α-hetero) is 1. The fraction of sp³-hybridized carbons (Fsp3) is 0.692. The van der Waals surface area contributed by atoms with E-state index in [2.05, 4.69) is 63.3 Å². The van der Waals surface area contributed by atoms with Gasteiger partial charge >= 0.3 is 5.97 Å². The van der Waals surface area contributed by atoms with Crippen molar-refractivity contribution in [2.24, 2.45) is 50.7 Å². The van der Waals surface area contributed by atoms with Gasteiger partial charge in [0, 0.05) is 23.7 Å². The Morgan fingerprint density at radius 2 is 1.91 bits per heavy atom. The van der Waals surface area contributed by atoms with Crippen molar-refractivity contribution in [3.63, 3.8) is 0 Å². The van der Waals surface area contributed by atoms with Gasteiger partial charge in [0.25, 0.3) is 0 Å². The van der Waals surface area contributed by atoms with Crippen LogP contribution in [0.5, 0.6) is 0 Å². The second kappa shape index (κ2) is 10.6. The predicted molar refractivity (Wildman–Crippen MR) is 173 cm³/mol. The van der Waals surface area contributed by atoms with Crippen LogP contribution >= 0.6 is 0 Å². The SMILES string of the molecule is COC(=O)C(CC(=O)CC(C)(O)CO)C1CC[C@]23C[C@]12C=C[C@@H]1[C@@]2(C)CC=C4C[C@@H](c5ccccc5)OC[C@]4(C)[C@@H]2C[C@@H](O)[C@]13C. The summed E-state index contributed by atoms with van der Waals surface area (Å²) in [6.45, 7) is 8.69. The lowest BCUT2D eigenvalue weighted by atomic mass is 9.38. The summed E-state index contributed by atoms with van der Waals surface area (Å²) in [4.78, 5) is 26.4. The molecule has 5 aliphatic carbocycles. The fourth-order valence-electron chi connectivity index (χ4n) is 12.3. The number of aliphatic hydroxyl groups excluding tert-OH is 2. The van der Waals surface area contributed by atoms with Gasteiger partial charge in [0.15, 0.2) is 0 Å². The molecule has 7 rings (SSSR count). The number of carbonyl (C=O) groups excluding carboxylic acids is 2. The largest absolute Gasteiger partial charge is 0.469 e. The number of benzene rings is 1. The molecule has 0 radical (unpaired) electrons. The normalized spacial score (nSPS) is 45.5. The smallest absolute Gasteiger partial charge is 0.309 e. The van der Waals surface area contributed by atoms with Crippen LogP contribution in [0.25, 0.3) is 0 Å². The van der Waals surface area contributed by atoms with Crippen LogP contribution in [-0.2, 0) is 19.1 Å². The first-order chi connectivity index (χ1) is 21.7. The molecular formula is C39H52O7. The minimum Gasteiger partial charge on any atom is -0.469 e. The number of esters is 1. The number of allylic oxidation sites excluding steroid dienone is 3. The van der Waals surface area contributed by atoms with Crippen LogP contribution in [0.1, 0.15) is 90.7 Å². The molecule has 3 N–H and O–H groups in total. The highest BCUT2D eigenvalue weighted by Gasteiger charge is 2.84. The summed E-state index contributed by atoms with van der Waals surface area (Å²) in [5.41, 5.74) is 0.196. The molecule has 0 bridgehead atoms. The Labute approximate surface area is 273 Å². The lowest BCUT2D eigenvalue weighted by Gasteiger charge is -2.67. The van der Waals surface area contributed by atoms with Crippen molar-refractivity contribution in [3.05, 3.63) is 59.7 Å². The predicted octanol–water partition coefficient (Wildman–Crippen LogP) is 5.73. The molecule has 12 atom stereocenters. The fourth-order valence-corrected chi connectivity index (χ4v) is 12.3. The van der Waals surface area contributed by atoms with E-state index < -0.39 is 24.2 Å². The van der Waals surface area contributed by atoms with Crippen molar-refractivity contribution < 1.29 is 34.4 Å². The highest BCUT2D eigenvalue weighted by atomic mass is 16.5. The van der Waals surface area contributed by atoms with E-state index in [1.807, 2.05) is 6.07 Å². The zero-order chi connectivity index (χ0) is 32.9. The van der Waals surface area contributed by atoms with Crippen LogP contribution in [0.4, 0.5) is 0 Å². The molecule has 1 aromatic carbocycles. The number of hydrogen-bond donors (Lipinski definition) is 3. The number of rotatable bonds is 8. The molecule has 46 heavy (non-hydrogen) atoms. The Morgan fingerprint density at radius 1 is 1.17 bits per heavy atom. The van der Waals surface area contributed by atoms with Gasteiger partial charge in [0.05, 0.1) is 44.1 Å². The van der Waals surface area contributed by atoms with Crippen LogP contribution in [-0.4, -0.2) is 59.1 Å². The molecule has 250 valence electrons. The number of carbonyl (C=O) groups is 2. The number of ketones is 1. The van der Waals surface area contributed by atoms with E-state index in [0.29, 0.717) is 6.61 Å². The average molecular weight is 633 g/mol. The van der Waals surface area contributed by atoms with Crippen molar-refractivity contribution in [1.29, 1.82) is 0 Å². The number of hydrogen-bond acceptors (Lipinski definition) is 7. The van der Waals surface area contributed by atoms with Crippen LogP contribution < -0.4 is 0 Å². The first-order valence-electron chi connectivity index (χ1n) is 17.4. The third-order valence-corrected chi connectivity index (χ3v) is 14.6. The van der Waals surface area contributed by atoms with E-state index in [4.69, 9.17) is 9.47 Å². The van der Waals surface area contributed by atoms with Gasteiger partial charge in [-0.2, -0.15) is 0 Å². The third kappa shape index (κ3) is 4.23. The summed E-state index contributed by atoms with van der Waals surface area (Å²) in [5.74, 6) is -0.896. The molecule has 3 saturated carbocycles. The molecule has 0 aromatic heterocycles. The molecule has 0 amide bonds. The number of fused-ring (bicyclic) bond motifs is 5. The Morgan fingerprint density at radius 3 is 2.61 bits per heavy atom. The molecular weight excluding hydrogens is 580 g/mol. The van der Waals surface area contributed by atoms with E-state index >= 15 is 0 Å². The number of aliphatic hydroxyl groups is 3. The zero-order valence-corrected chi connectivity index (χ0v) is 28.1. The molecule has 7 heteroatoms. The van der Waals surface area contributed by atoms with E-state index in [1.165, 1.54) is 25.2 Å². The number of methoxy groups -OCH3 is 1. The Hall–Kier alpha value is -2.32. The second-order valence-corrected chi connectivity index (χ2v) is 16.8. The van der Waals surface area contributed by atoms with Crippen LogP contribution in [0, 0.1) is 50.7 Å². The molecule has 7 nitrogen and oxygen atoms in total. The summed E-state index contributed by atoms with van der Waals surface area (Å²) < 4.78 is 11.9. The average Bonchev–Trinajstić information content (AvgIpc) is 3.61. The maximum absolute atomic E-state index is 13.3. The highest BCUT2D eigenvalue weighted by Crippen LogP contribution is 2.89. The highest BCUT2D eigenvalue weighted by molar-refractivity contribution is 5.85. The van der Waals surface area contributed by atoms with Crippen molar-refractivity contribution in [1.82, 2.24) is 0 Å². The first kappa shape index (κ1) is 32.2. The Kier molecular flexibility index (Phi) is 7.42. The summed E-state index contributed by atoms with van der Waals surface area (Å²) in [5, 5.41) is 32.2. The van der Waals surface area contributed by atoms with Crippen molar-refractivity contribution in [2.75, 3.05) is 20.3 Å². The van der Waals surface area contributed by atoms with Gasteiger partial charge in [-0.1, -0.05) is 74.9 Å². The summed E-state index contributed by atoms with van der Waals surface area (Å²) in [7, 11) is 1.37. The Balaban J connectivity index is 1.20. The minimum atomic E-state index is -1.52. The maximum atomic E-state index is 13.3. The molecule has 6 aliphatic rings. The molecule has 1 heterocycles. The lowest BCUT2D eigenvalue weighted by Crippen LogP contribution is -2.64. The van der Waals surface area contributed by atoms with Crippen molar-refractivity contribution in [2.45, 2.75) is 96.9 Å².